The lowest BCUT2D eigenvalue weighted by Gasteiger charge is -2.09. The van der Waals surface area contributed by atoms with Gasteiger partial charge in [-0.05, 0) is 18.1 Å². The van der Waals surface area contributed by atoms with E-state index in [9.17, 15) is 18.0 Å². The molecule has 0 saturated carbocycles. The molecule has 3 nitrogen and oxygen atoms in total. The van der Waals surface area contributed by atoms with E-state index in [1.165, 1.54) is 29.5 Å². The summed E-state index contributed by atoms with van der Waals surface area (Å²) < 4.78 is 38.5. The number of thiophene rings is 1. The Bertz CT molecular complexity index is 720. The van der Waals surface area contributed by atoms with Gasteiger partial charge >= 0.3 is 6.18 Å². The summed E-state index contributed by atoms with van der Waals surface area (Å²) in [5.74, 6) is -0.141. The third kappa shape index (κ3) is 4.41. The molecule has 0 fully saturated rings. The summed E-state index contributed by atoms with van der Waals surface area (Å²) in [5, 5.41) is 5.32. The number of hydrogen-bond acceptors (Lipinski definition) is 3. The van der Waals surface area contributed by atoms with Gasteiger partial charge in [-0.25, -0.2) is 5.43 Å². The van der Waals surface area contributed by atoms with E-state index in [4.69, 9.17) is 0 Å². The topological polar surface area (TPSA) is 41.5 Å². The lowest BCUT2D eigenvalue weighted by molar-refractivity contribution is -0.137. The van der Waals surface area contributed by atoms with Crippen molar-refractivity contribution >= 4 is 23.5 Å². The molecule has 1 heterocycles. The molecule has 0 saturated heterocycles. The smallest absolute Gasteiger partial charge is 0.267 e. The molecule has 2 rings (SSSR count). The summed E-state index contributed by atoms with van der Waals surface area (Å²) in [4.78, 5) is 13.0. The third-order valence-electron chi connectivity index (χ3n) is 3.09. The highest BCUT2D eigenvalue weighted by molar-refractivity contribution is 7.10. The quantitative estimate of drug-likeness (QED) is 0.638. The number of carbonyl (C=O) groups excluding carboxylic acids is 1. The van der Waals surface area contributed by atoms with Crippen molar-refractivity contribution < 1.29 is 18.0 Å². The van der Waals surface area contributed by atoms with Gasteiger partial charge in [0.2, 0.25) is 0 Å². The van der Waals surface area contributed by atoms with Crippen LogP contribution in [-0.2, 0) is 6.18 Å². The van der Waals surface area contributed by atoms with Gasteiger partial charge < -0.3 is 0 Å². The molecule has 2 aromatic rings. The molecule has 0 aliphatic heterocycles. The van der Waals surface area contributed by atoms with Crippen molar-refractivity contribution in [3.63, 3.8) is 0 Å². The number of nitrogens with zero attached hydrogens (tertiary/aromatic N) is 1. The Morgan fingerprint density at radius 3 is 2.61 bits per heavy atom. The van der Waals surface area contributed by atoms with Crippen LogP contribution in [0.4, 0.5) is 13.2 Å². The van der Waals surface area contributed by atoms with Crippen molar-refractivity contribution in [1.82, 2.24) is 5.43 Å². The zero-order valence-corrected chi connectivity index (χ0v) is 13.3. The maximum atomic E-state index is 12.8. The minimum atomic E-state index is -4.47. The molecule has 0 aliphatic rings. The molecule has 0 spiro atoms. The van der Waals surface area contributed by atoms with Crippen molar-refractivity contribution in [2.75, 3.05) is 0 Å². The second-order valence-electron chi connectivity index (χ2n) is 5.18. The van der Waals surface area contributed by atoms with E-state index in [1.807, 2.05) is 13.8 Å². The minimum Gasteiger partial charge on any atom is -0.267 e. The molecule has 0 unspecified atom stereocenters. The van der Waals surface area contributed by atoms with Gasteiger partial charge in [0.05, 0.1) is 17.3 Å². The van der Waals surface area contributed by atoms with Crippen LogP contribution in [0.2, 0.25) is 0 Å². The van der Waals surface area contributed by atoms with Gasteiger partial charge in [-0.2, -0.15) is 18.3 Å². The Morgan fingerprint density at radius 1 is 1.30 bits per heavy atom. The maximum absolute atomic E-state index is 12.8. The predicted octanol–water partition coefficient (Wildman–Crippen LogP) is 4.65. The van der Waals surface area contributed by atoms with Crippen LogP contribution in [0.1, 0.15) is 46.1 Å². The number of carbonyl (C=O) groups is 1. The van der Waals surface area contributed by atoms with Crippen LogP contribution >= 0.6 is 11.3 Å². The van der Waals surface area contributed by atoms with E-state index in [2.05, 4.69) is 10.5 Å². The molecule has 1 aromatic heterocycles. The maximum Gasteiger partial charge on any atom is 0.417 e. The summed E-state index contributed by atoms with van der Waals surface area (Å²) in [6.07, 6.45) is -3.47. The lowest BCUT2D eigenvalue weighted by atomic mass is 10.1. The molecule has 23 heavy (non-hydrogen) atoms. The molecule has 0 bridgehead atoms. The second-order valence-corrected chi connectivity index (χ2v) is 6.12. The van der Waals surface area contributed by atoms with Gasteiger partial charge in [0.25, 0.3) is 5.91 Å². The third-order valence-corrected chi connectivity index (χ3v) is 4.32. The van der Waals surface area contributed by atoms with Crippen LogP contribution < -0.4 is 5.43 Å². The fourth-order valence-electron chi connectivity index (χ4n) is 1.87. The number of hydrazone groups is 1. The SMILES string of the molecule is CC(C)c1cc(C(=O)NN=Cc2ccccc2C(F)(F)F)cs1. The molecule has 7 heteroatoms. The fourth-order valence-corrected chi connectivity index (χ4v) is 2.77. The van der Waals surface area contributed by atoms with Crippen LogP contribution in [0.3, 0.4) is 0 Å². The Kier molecular flexibility index (Phi) is 5.20. The largest absolute Gasteiger partial charge is 0.417 e. The van der Waals surface area contributed by atoms with Gasteiger partial charge in [-0.3, -0.25) is 4.79 Å². The zero-order chi connectivity index (χ0) is 17.0. The van der Waals surface area contributed by atoms with Crippen LogP contribution in [0.5, 0.6) is 0 Å². The number of benzene rings is 1. The average Bonchev–Trinajstić information content (AvgIpc) is 2.96. The Morgan fingerprint density at radius 2 is 2.00 bits per heavy atom. The standard InChI is InChI=1S/C16H15F3N2OS/c1-10(2)14-7-12(9-23-14)15(22)21-20-8-11-5-3-4-6-13(11)16(17,18)19/h3-10H,1-2H3,(H,21,22). The number of nitrogens with one attached hydrogen (secondary N) is 1. The normalized spacial score (nSPS) is 12.1. The Hall–Kier alpha value is -2.15. The molecule has 1 N–H and O–H groups in total. The first-order valence-electron chi connectivity index (χ1n) is 6.87. The fraction of sp³-hybridized carbons (Fsp3) is 0.250. The van der Waals surface area contributed by atoms with Crippen LogP contribution in [0.25, 0.3) is 0 Å². The monoisotopic (exact) mass is 340 g/mol. The van der Waals surface area contributed by atoms with Gasteiger partial charge in [0.1, 0.15) is 0 Å². The number of halogens is 3. The van der Waals surface area contributed by atoms with E-state index in [0.29, 0.717) is 11.5 Å². The minimum absolute atomic E-state index is 0.103. The molecule has 0 aliphatic carbocycles. The summed E-state index contributed by atoms with van der Waals surface area (Å²) >= 11 is 1.46. The van der Waals surface area contributed by atoms with Crippen molar-refractivity contribution in [1.29, 1.82) is 0 Å². The Labute approximate surface area is 135 Å². The number of amides is 1. The molecule has 0 radical (unpaired) electrons. The first-order chi connectivity index (χ1) is 10.8. The van der Waals surface area contributed by atoms with Crippen molar-refractivity contribution in [3.8, 4) is 0 Å². The van der Waals surface area contributed by atoms with Crippen LogP contribution in [0, 0.1) is 0 Å². The zero-order valence-electron chi connectivity index (χ0n) is 12.5. The van der Waals surface area contributed by atoms with Gasteiger partial charge in [-0.1, -0.05) is 32.0 Å². The highest BCUT2D eigenvalue weighted by Crippen LogP contribution is 2.31. The second kappa shape index (κ2) is 6.95. The van der Waals surface area contributed by atoms with Crippen molar-refractivity contribution in [2.45, 2.75) is 25.9 Å². The molecule has 1 aromatic carbocycles. The average molecular weight is 340 g/mol. The van der Waals surface area contributed by atoms with Crippen LogP contribution in [-0.4, -0.2) is 12.1 Å². The molecular weight excluding hydrogens is 325 g/mol. The van der Waals surface area contributed by atoms with E-state index in [-0.39, 0.29) is 5.56 Å². The number of alkyl halides is 3. The van der Waals surface area contributed by atoms with E-state index < -0.39 is 17.6 Å². The first-order valence-corrected chi connectivity index (χ1v) is 7.75. The number of hydrogen-bond donors (Lipinski definition) is 1. The highest BCUT2D eigenvalue weighted by atomic mass is 32.1. The molecule has 122 valence electrons. The molecule has 1 amide bonds. The molecule has 0 atom stereocenters. The van der Waals surface area contributed by atoms with Crippen molar-refractivity contribution in [3.05, 3.63) is 57.3 Å². The summed E-state index contributed by atoms with van der Waals surface area (Å²) in [7, 11) is 0. The van der Waals surface area contributed by atoms with E-state index in [1.54, 1.807) is 11.4 Å². The summed E-state index contributed by atoms with van der Waals surface area (Å²) in [5.41, 5.74) is 1.79. The van der Waals surface area contributed by atoms with Gasteiger partial charge in [0.15, 0.2) is 0 Å². The van der Waals surface area contributed by atoms with E-state index in [0.717, 1.165) is 17.2 Å². The van der Waals surface area contributed by atoms with Crippen molar-refractivity contribution in [2.24, 2.45) is 5.10 Å². The van der Waals surface area contributed by atoms with Gasteiger partial charge in [-0.15, -0.1) is 11.3 Å². The predicted molar refractivity (Wildman–Crippen MR) is 84.9 cm³/mol. The van der Waals surface area contributed by atoms with E-state index >= 15 is 0 Å². The number of rotatable bonds is 4. The van der Waals surface area contributed by atoms with Gasteiger partial charge in [0, 0.05) is 15.8 Å². The first kappa shape index (κ1) is 17.2. The molecular formula is C16H15F3N2OS. The summed E-state index contributed by atoms with van der Waals surface area (Å²) in [6.45, 7) is 4.03. The summed E-state index contributed by atoms with van der Waals surface area (Å²) in [6, 6.07) is 6.80. The Balaban J connectivity index is 2.08. The lowest BCUT2D eigenvalue weighted by Crippen LogP contribution is -2.17. The highest BCUT2D eigenvalue weighted by Gasteiger charge is 2.32. The van der Waals surface area contributed by atoms with Crippen LogP contribution in [0.15, 0.2) is 40.8 Å².